The van der Waals surface area contributed by atoms with Gasteiger partial charge in [0.1, 0.15) is 22.2 Å². The molecule has 1 amide bonds. The van der Waals surface area contributed by atoms with E-state index in [1.165, 1.54) is 16.7 Å². The molecule has 4 nitrogen and oxygen atoms in total. The zero-order valence-electron chi connectivity index (χ0n) is 15.1. The Balaban J connectivity index is 1.44. The topological polar surface area (TPSA) is 51.2 Å². The predicted molar refractivity (Wildman–Crippen MR) is 115 cm³/mol. The van der Waals surface area contributed by atoms with E-state index in [2.05, 4.69) is 22.4 Å². The van der Waals surface area contributed by atoms with Crippen LogP contribution in [0.2, 0.25) is 5.02 Å². The van der Waals surface area contributed by atoms with Gasteiger partial charge in [0, 0.05) is 10.7 Å². The van der Waals surface area contributed by atoms with Gasteiger partial charge in [-0.2, -0.15) is 0 Å². The number of nitrogens with one attached hydrogen (secondary N) is 1. The quantitative estimate of drug-likeness (QED) is 0.434. The van der Waals surface area contributed by atoms with Crippen LogP contribution in [0.25, 0.3) is 10.8 Å². The van der Waals surface area contributed by atoms with Gasteiger partial charge in [-0.1, -0.05) is 41.9 Å². The molecule has 140 valence electrons. The van der Waals surface area contributed by atoms with Crippen LogP contribution in [-0.2, 0) is 6.61 Å². The Morgan fingerprint density at radius 3 is 2.61 bits per heavy atom. The number of ether oxygens (including phenoxy) is 1. The summed E-state index contributed by atoms with van der Waals surface area (Å²) in [6.07, 6.45) is 0. The Labute approximate surface area is 171 Å². The second-order valence-electron chi connectivity index (χ2n) is 6.28. The van der Waals surface area contributed by atoms with Gasteiger partial charge in [0.15, 0.2) is 0 Å². The average Bonchev–Trinajstić information content (AvgIpc) is 3.09. The lowest BCUT2D eigenvalue weighted by molar-refractivity contribution is 0.103. The highest BCUT2D eigenvalue weighted by Crippen LogP contribution is 2.24. The van der Waals surface area contributed by atoms with Crippen LogP contribution in [0.1, 0.15) is 20.4 Å². The van der Waals surface area contributed by atoms with Gasteiger partial charge in [-0.05, 0) is 54.1 Å². The standard InChI is InChI=1S/C22H17ClN2O2S/c1-14-21(22(26)25-18-9-7-17(23)8-10-18)28-20(24-14)13-27-19-11-6-15-4-2-3-5-16(15)12-19/h2-12H,13H2,1H3,(H,25,26). The number of nitrogens with zero attached hydrogens (tertiary/aromatic N) is 1. The molecule has 28 heavy (non-hydrogen) atoms. The molecule has 0 aliphatic rings. The number of amides is 1. The molecule has 4 aromatic rings. The SMILES string of the molecule is Cc1nc(COc2ccc3ccccc3c2)sc1C(=O)Nc1ccc(Cl)cc1. The van der Waals surface area contributed by atoms with Gasteiger partial charge in [0.05, 0.1) is 5.69 Å². The molecule has 0 atom stereocenters. The first-order chi connectivity index (χ1) is 13.6. The zero-order valence-corrected chi connectivity index (χ0v) is 16.7. The lowest BCUT2D eigenvalue weighted by atomic mass is 10.1. The minimum atomic E-state index is -0.186. The molecule has 4 rings (SSSR count). The summed E-state index contributed by atoms with van der Waals surface area (Å²) in [6, 6.07) is 21.1. The minimum absolute atomic E-state index is 0.186. The maximum absolute atomic E-state index is 12.5. The summed E-state index contributed by atoms with van der Waals surface area (Å²) in [5.74, 6) is 0.591. The van der Waals surface area contributed by atoms with Crippen LogP contribution in [0.15, 0.2) is 66.7 Å². The smallest absolute Gasteiger partial charge is 0.267 e. The van der Waals surface area contributed by atoms with Gasteiger partial charge in [0.2, 0.25) is 0 Å². The van der Waals surface area contributed by atoms with Crippen molar-refractivity contribution >= 4 is 45.3 Å². The summed E-state index contributed by atoms with van der Waals surface area (Å²) in [5, 5.41) is 6.54. The number of hydrogen-bond donors (Lipinski definition) is 1. The number of fused-ring (bicyclic) bond motifs is 1. The second kappa shape index (κ2) is 8.00. The van der Waals surface area contributed by atoms with Gasteiger partial charge in [0.25, 0.3) is 5.91 Å². The fraction of sp³-hybridized carbons (Fsp3) is 0.0909. The number of aryl methyl sites for hydroxylation is 1. The van der Waals surface area contributed by atoms with Crippen LogP contribution in [0, 0.1) is 6.92 Å². The van der Waals surface area contributed by atoms with Gasteiger partial charge in [-0.3, -0.25) is 4.79 Å². The van der Waals surface area contributed by atoms with E-state index in [0.29, 0.717) is 27.9 Å². The van der Waals surface area contributed by atoms with Crippen LogP contribution in [0.4, 0.5) is 5.69 Å². The van der Waals surface area contributed by atoms with E-state index in [1.54, 1.807) is 24.3 Å². The first kappa shape index (κ1) is 18.5. The van der Waals surface area contributed by atoms with Crippen molar-refractivity contribution in [1.82, 2.24) is 4.98 Å². The van der Waals surface area contributed by atoms with Crippen molar-refractivity contribution in [2.24, 2.45) is 0 Å². The third kappa shape index (κ3) is 4.16. The number of benzene rings is 3. The van der Waals surface area contributed by atoms with Gasteiger partial charge < -0.3 is 10.1 Å². The molecule has 0 spiro atoms. The Morgan fingerprint density at radius 1 is 1.07 bits per heavy atom. The maximum atomic E-state index is 12.5. The molecule has 6 heteroatoms. The minimum Gasteiger partial charge on any atom is -0.486 e. The number of thiazole rings is 1. The predicted octanol–water partition coefficient (Wildman–Crippen LogP) is 6.09. The fourth-order valence-corrected chi connectivity index (χ4v) is 3.85. The summed E-state index contributed by atoms with van der Waals surface area (Å²) < 4.78 is 5.88. The largest absolute Gasteiger partial charge is 0.486 e. The van der Waals surface area contributed by atoms with Crippen molar-refractivity contribution in [2.75, 3.05) is 5.32 Å². The Morgan fingerprint density at radius 2 is 1.82 bits per heavy atom. The van der Waals surface area contributed by atoms with Crippen LogP contribution < -0.4 is 10.1 Å². The molecular formula is C22H17ClN2O2S. The van der Waals surface area contributed by atoms with Crippen molar-refractivity contribution < 1.29 is 9.53 Å². The van der Waals surface area contributed by atoms with Gasteiger partial charge in [-0.25, -0.2) is 4.98 Å². The zero-order chi connectivity index (χ0) is 19.5. The molecule has 3 aromatic carbocycles. The molecule has 0 radical (unpaired) electrons. The van der Waals surface area contributed by atoms with Crippen molar-refractivity contribution in [3.8, 4) is 5.75 Å². The average molecular weight is 409 g/mol. The molecule has 1 heterocycles. The monoisotopic (exact) mass is 408 g/mol. The van der Waals surface area contributed by atoms with Crippen molar-refractivity contribution in [2.45, 2.75) is 13.5 Å². The molecule has 1 N–H and O–H groups in total. The number of halogens is 1. The van der Waals surface area contributed by atoms with E-state index in [4.69, 9.17) is 16.3 Å². The molecule has 0 aliphatic heterocycles. The van der Waals surface area contributed by atoms with Gasteiger partial charge >= 0.3 is 0 Å². The highest BCUT2D eigenvalue weighted by atomic mass is 35.5. The highest BCUT2D eigenvalue weighted by molar-refractivity contribution is 7.13. The lowest BCUT2D eigenvalue weighted by Gasteiger charge is -2.05. The summed E-state index contributed by atoms with van der Waals surface area (Å²) in [6.45, 7) is 2.14. The number of rotatable bonds is 5. The molecule has 0 aliphatic carbocycles. The number of anilines is 1. The van der Waals surface area contributed by atoms with Crippen LogP contribution in [0.5, 0.6) is 5.75 Å². The molecule has 1 aromatic heterocycles. The van der Waals surface area contributed by atoms with E-state index in [9.17, 15) is 4.79 Å². The number of carbonyl (C=O) groups is 1. The molecule has 0 unspecified atom stereocenters. The number of hydrogen-bond acceptors (Lipinski definition) is 4. The first-order valence-electron chi connectivity index (χ1n) is 8.73. The fourth-order valence-electron chi connectivity index (χ4n) is 2.85. The first-order valence-corrected chi connectivity index (χ1v) is 9.93. The van der Waals surface area contributed by atoms with Crippen molar-refractivity contribution in [3.63, 3.8) is 0 Å². The Bertz CT molecular complexity index is 1140. The van der Waals surface area contributed by atoms with Crippen molar-refractivity contribution in [3.05, 3.63) is 87.3 Å². The molecular weight excluding hydrogens is 392 g/mol. The number of carbonyl (C=O) groups excluding carboxylic acids is 1. The maximum Gasteiger partial charge on any atom is 0.267 e. The van der Waals surface area contributed by atoms with E-state index in [1.807, 2.05) is 37.3 Å². The van der Waals surface area contributed by atoms with E-state index < -0.39 is 0 Å². The summed E-state index contributed by atoms with van der Waals surface area (Å²) in [5.41, 5.74) is 1.38. The lowest BCUT2D eigenvalue weighted by Crippen LogP contribution is -2.11. The summed E-state index contributed by atoms with van der Waals surface area (Å²) >= 11 is 7.22. The van der Waals surface area contributed by atoms with Crippen LogP contribution >= 0.6 is 22.9 Å². The van der Waals surface area contributed by atoms with E-state index >= 15 is 0 Å². The Kier molecular flexibility index (Phi) is 5.28. The van der Waals surface area contributed by atoms with E-state index in [0.717, 1.165) is 16.1 Å². The molecule has 0 saturated carbocycles. The summed E-state index contributed by atoms with van der Waals surface area (Å²) in [4.78, 5) is 17.6. The molecule has 0 bridgehead atoms. The van der Waals surface area contributed by atoms with Crippen molar-refractivity contribution in [1.29, 1.82) is 0 Å². The molecule has 0 saturated heterocycles. The third-order valence-electron chi connectivity index (χ3n) is 4.23. The molecule has 0 fully saturated rings. The highest BCUT2D eigenvalue weighted by Gasteiger charge is 2.16. The Hall–Kier alpha value is -2.89. The van der Waals surface area contributed by atoms with Crippen LogP contribution in [-0.4, -0.2) is 10.9 Å². The van der Waals surface area contributed by atoms with Gasteiger partial charge in [-0.15, -0.1) is 11.3 Å². The van der Waals surface area contributed by atoms with Crippen LogP contribution in [0.3, 0.4) is 0 Å². The number of aromatic nitrogens is 1. The third-order valence-corrected chi connectivity index (χ3v) is 5.61. The second-order valence-corrected chi connectivity index (χ2v) is 7.80. The normalized spacial score (nSPS) is 10.8. The summed E-state index contributed by atoms with van der Waals surface area (Å²) in [7, 11) is 0. The van der Waals surface area contributed by atoms with E-state index in [-0.39, 0.29) is 5.91 Å².